The van der Waals surface area contributed by atoms with Gasteiger partial charge in [0.1, 0.15) is 5.82 Å². The van der Waals surface area contributed by atoms with Crippen LogP contribution >= 0.6 is 35.0 Å². The third-order valence-electron chi connectivity index (χ3n) is 3.13. The smallest absolute Gasteiger partial charge is 0.234 e. The maximum Gasteiger partial charge on any atom is 0.234 e. The Bertz CT molecular complexity index is 683. The lowest BCUT2D eigenvalue weighted by molar-refractivity contribution is -0.113. The summed E-state index contributed by atoms with van der Waals surface area (Å²) in [5, 5.41) is 12.6. The number of rotatable bonds is 6. The van der Waals surface area contributed by atoms with Crippen molar-refractivity contribution in [2.45, 2.75) is 38.4 Å². The molecule has 1 aromatic carbocycles. The molecule has 0 aliphatic rings. The fraction of sp³-hybridized carbons (Fsp3) is 0.400. The van der Waals surface area contributed by atoms with Gasteiger partial charge in [-0.3, -0.25) is 4.79 Å². The van der Waals surface area contributed by atoms with E-state index in [1.54, 1.807) is 18.2 Å². The molecule has 0 radical (unpaired) electrons. The number of halogens is 2. The predicted molar refractivity (Wildman–Crippen MR) is 95.6 cm³/mol. The Hall–Kier alpha value is -1.24. The van der Waals surface area contributed by atoms with Gasteiger partial charge >= 0.3 is 0 Å². The molecule has 1 N–H and O–H groups in total. The summed E-state index contributed by atoms with van der Waals surface area (Å²) in [4.78, 5) is 12.1. The largest absolute Gasteiger partial charge is 0.323 e. The van der Waals surface area contributed by atoms with Crippen molar-refractivity contribution in [3.05, 3.63) is 34.1 Å². The molecule has 2 aromatic rings. The van der Waals surface area contributed by atoms with Crippen molar-refractivity contribution in [2.75, 3.05) is 11.1 Å². The van der Waals surface area contributed by atoms with E-state index in [0.717, 1.165) is 17.4 Å². The van der Waals surface area contributed by atoms with E-state index in [1.165, 1.54) is 11.8 Å². The molecule has 5 nitrogen and oxygen atoms in total. The zero-order chi connectivity index (χ0) is 17.0. The number of aromatic nitrogens is 3. The van der Waals surface area contributed by atoms with Crippen molar-refractivity contribution in [3.8, 4) is 0 Å². The van der Waals surface area contributed by atoms with Crippen molar-refractivity contribution in [2.24, 2.45) is 0 Å². The first kappa shape index (κ1) is 18.1. The summed E-state index contributed by atoms with van der Waals surface area (Å²) in [6.45, 7) is 6.16. The van der Waals surface area contributed by atoms with Gasteiger partial charge in [0.05, 0.1) is 21.5 Å². The lowest BCUT2D eigenvalue weighted by atomic mass is 10.3. The second kappa shape index (κ2) is 8.04. The van der Waals surface area contributed by atoms with Crippen molar-refractivity contribution >= 4 is 46.6 Å². The van der Waals surface area contributed by atoms with Crippen LogP contribution in [0.4, 0.5) is 5.69 Å². The monoisotopic (exact) mass is 372 g/mol. The summed E-state index contributed by atoms with van der Waals surface area (Å²) in [6, 6.07) is 5.33. The van der Waals surface area contributed by atoms with Crippen molar-refractivity contribution in [1.29, 1.82) is 0 Å². The number of anilines is 1. The Morgan fingerprint density at radius 1 is 1.30 bits per heavy atom. The van der Waals surface area contributed by atoms with E-state index in [-0.39, 0.29) is 17.7 Å². The molecule has 2 rings (SSSR count). The van der Waals surface area contributed by atoms with E-state index < -0.39 is 0 Å². The van der Waals surface area contributed by atoms with E-state index in [1.807, 2.05) is 11.5 Å². The average molecular weight is 373 g/mol. The lowest BCUT2D eigenvalue weighted by Gasteiger charge is -2.13. The minimum Gasteiger partial charge on any atom is -0.323 e. The van der Waals surface area contributed by atoms with E-state index in [0.29, 0.717) is 15.7 Å². The third kappa shape index (κ3) is 4.40. The second-order valence-corrected chi connectivity index (χ2v) is 6.91. The quantitative estimate of drug-likeness (QED) is 0.760. The van der Waals surface area contributed by atoms with Crippen molar-refractivity contribution < 1.29 is 4.79 Å². The summed E-state index contributed by atoms with van der Waals surface area (Å²) in [5.74, 6) is 0.925. The number of aryl methyl sites for hydroxylation is 1. The first-order valence-electron chi connectivity index (χ1n) is 7.24. The Balaban J connectivity index is 2.04. The highest BCUT2D eigenvalue weighted by atomic mass is 35.5. The number of hydrogen-bond acceptors (Lipinski definition) is 4. The summed E-state index contributed by atoms with van der Waals surface area (Å²) in [6.07, 6.45) is 0.799. The second-order valence-electron chi connectivity index (χ2n) is 5.15. The van der Waals surface area contributed by atoms with Gasteiger partial charge < -0.3 is 9.88 Å². The average Bonchev–Trinajstić information content (AvgIpc) is 2.92. The van der Waals surface area contributed by atoms with Gasteiger partial charge in [0.2, 0.25) is 5.91 Å². The van der Waals surface area contributed by atoms with E-state index in [2.05, 4.69) is 29.4 Å². The Kier molecular flexibility index (Phi) is 6.33. The van der Waals surface area contributed by atoms with Crippen LogP contribution in [0.5, 0.6) is 0 Å². The normalized spacial score (nSPS) is 11.0. The molecule has 23 heavy (non-hydrogen) atoms. The molecule has 0 saturated heterocycles. The molecule has 1 heterocycles. The van der Waals surface area contributed by atoms with Gasteiger partial charge in [0.15, 0.2) is 5.16 Å². The van der Waals surface area contributed by atoms with Gasteiger partial charge in [-0.05, 0) is 26.0 Å². The standard InChI is InChI=1S/C15H18Cl2N4OS/c1-4-12-19-20-15(21(12)9(2)3)23-8-13(22)18-14-10(16)6-5-7-11(14)17/h5-7,9H,4,8H2,1-3H3,(H,18,22). The Labute approximate surface area is 149 Å². The summed E-state index contributed by atoms with van der Waals surface area (Å²) >= 11 is 13.4. The van der Waals surface area contributed by atoms with Crippen LogP contribution in [0.2, 0.25) is 10.0 Å². The molecule has 0 aliphatic heterocycles. The van der Waals surface area contributed by atoms with Crippen LogP contribution in [-0.2, 0) is 11.2 Å². The molecule has 0 spiro atoms. The summed E-state index contributed by atoms with van der Waals surface area (Å²) in [5.41, 5.74) is 0.431. The zero-order valence-corrected chi connectivity index (χ0v) is 15.5. The van der Waals surface area contributed by atoms with Gasteiger partial charge in [-0.1, -0.05) is 48.0 Å². The number of nitrogens with zero attached hydrogens (tertiary/aromatic N) is 3. The molecule has 0 atom stereocenters. The topological polar surface area (TPSA) is 59.8 Å². The van der Waals surface area contributed by atoms with Crippen LogP contribution in [0.3, 0.4) is 0 Å². The van der Waals surface area contributed by atoms with Crippen LogP contribution in [0.25, 0.3) is 0 Å². The number of carbonyl (C=O) groups excluding carboxylic acids is 1. The number of hydrogen-bond donors (Lipinski definition) is 1. The minimum atomic E-state index is -0.193. The molecule has 0 saturated carbocycles. The molecular formula is C15H18Cl2N4OS. The summed E-state index contributed by atoms with van der Waals surface area (Å²) in [7, 11) is 0. The number of benzene rings is 1. The number of amides is 1. The first-order chi connectivity index (χ1) is 10.9. The Morgan fingerprint density at radius 3 is 2.52 bits per heavy atom. The fourth-order valence-electron chi connectivity index (χ4n) is 2.09. The lowest BCUT2D eigenvalue weighted by Crippen LogP contribution is -2.15. The van der Waals surface area contributed by atoms with Gasteiger partial charge in [0, 0.05) is 12.5 Å². The molecule has 0 unspecified atom stereocenters. The molecule has 0 fully saturated rings. The van der Waals surface area contributed by atoms with Crippen molar-refractivity contribution in [1.82, 2.24) is 14.8 Å². The van der Waals surface area contributed by atoms with Crippen LogP contribution in [0.1, 0.15) is 32.6 Å². The Morgan fingerprint density at radius 2 is 1.96 bits per heavy atom. The number of nitrogens with one attached hydrogen (secondary N) is 1. The zero-order valence-electron chi connectivity index (χ0n) is 13.1. The molecule has 0 aliphatic carbocycles. The minimum absolute atomic E-state index is 0.193. The maximum absolute atomic E-state index is 12.1. The fourth-order valence-corrected chi connectivity index (χ4v) is 3.47. The van der Waals surface area contributed by atoms with Crippen LogP contribution in [0, 0.1) is 0 Å². The highest BCUT2D eigenvalue weighted by molar-refractivity contribution is 7.99. The molecule has 124 valence electrons. The number of para-hydroxylation sites is 1. The van der Waals surface area contributed by atoms with E-state index in [4.69, 9.17) is 23.2 Å². The molecule has 0 bridgehead atoms. The third-order valence-corrected chi connectivity index (χ3v) is 4.70. The van der Waals surface area contributed by atoms with Crippen LogP contribution in [0.15, 0.2) is 23.4 Å². The SMILES string of the molecule is CCc1nnc(SCC(=O)Nc2c(Cl)cccc2Cl)n1C(C)C. The maximum atomic E-state index is 12.1. The van der Waals surface area contributed by atoms with Crippen molar-refractivity contribution in [3.63, 3.8) is 0 Å². The molecule has 1 aromatic heterocycles. The van der Waals surface area contributed by atoms with Crippen LogP contribution in [-0.4, -0.2) is 26.4 Å². The van der Waals surface area contributed by atoms with E-state index >= 15 is 0 Å². The molecular weight excluding hydrogens is 355 g/mol. The number of carbonyl (C=O) groups is 1. The number of thioether (sulfide) groups is 1. The first-order valence-corrected chi connectivity index (χ1v) is 8.98. The van der Waals surface area contributed by atoms with E-state index in [9.17, 15) is 4.79 Å². The van der Waals surface area contributed by atoms with Crippen LogP contribution < -0.4 is 5.32 Å². The summed E-state index contributed by atoms with van der Waals surface area (Å²) < 4.78 is 2.04. The van der Waals surface area contributed by atoms with Gasteiger partial charge in [-0.25, -0.2) is 0 Å². The highest BCUT2D eigenvalue weighted by Gasteiger charge is 2.16. The van der Waals surface area contributed by atoms with Gasteiger partial charge in [-0.15, -0.1) is 10.2 Å². The van der Waals surface area contributed by atoms with Gasteiger partial charge in [-0.2, -0.15) is 0 Å². The predicted octanol–water partition coefficient (Wildman–Crippen LogP) is 4.46. The highest BCUT2D eigenvalue weighted by Crippen LogP contribution is 2.30. The van der Waals surface area contributed by atoms with Gasteiger partial charge in [0.25, 0.3) is 0 Å². The molecule has 8 heteroatoms. The molecule has 1 amide bonds.